The lowest BCUT2D eigenvalue weighted by atomic mass is 9.78. The quantitative estimate of drug-likeness (QED) is 0.857. The van der Waals surface area contributed by atoms with E-state index in [1.165, 1.54) is 24.2 Å². The van der Waals surface area contributed by atoms with Crippen LogP contribution in [0, 0.1) is 11.3 Å². The Balaban J connectivity index is 1.64. The van der Waals surface area contributed by atoms with Crippen LogP contribution in [0.4, 0.5) is 5.69 Å². The Labute approximate surface area is 160 Å². The number of para-hydroxylation sites is 1. The Hall–Kier alpha value is -2.37. The lowest BCUT2D eigenvalue weighted by molar-refractivity contribution is -0.130. The molecule has 27 heavy (non-hydrogen) atoms. The lowest BCUT2D eigenvalue weighted by Crippen LogP contribution is -2.57. The van der Waals surface area contributed by atoms with E-state index in [0.717, 1.165) is 30.5 Å². The van der Waals surface area contributed by atoms with Gasteiger partial charge in [0.25, 0.3) is 5.91 Å². The summed E-state index contributed by atoms with van der Waals surface area (Å²) in [5.41, 5.74) is 0.874. The molecule has 0 bridgehead atoms. The molecule has 6 heteroatoms. The minimum atomic E-state index is -0.776. The summed E-state index contributed by atoms with van der Waals surface area (Å²) in [5.74, 6) is 0.833. The second kappa shape index (κ2) is 6.98. The number of hydrogen-bond donors (Lipinski definition) is 2. The third-order valence-electron chi connectivity index (χ3n) is 6.38. The van der Waals surface area contributed by atoms with Gasteiger partial charge in [-0.05, 0) is 24.5 Å². The molecule has 2 heterocycles. The summed E-state index contributed by atoms with van der Waals surface area (Å²) in [4.78, 5) is 29.1. The molecular weight excluding hydrogens is 340 g/mol. The summed E-state index contributed by atoms with van der Waals surface area (Å²) in [5, 5.41) is 11.4. The zero-order chi connectivity index (χ0) is 19.0. The van der Waals surface area contributed by atoms with Gasteiger partial charge in [0.2, 0.25) is 0 Å². The highest BCUT2D eigenvalue weighted by atomic mass is 16.2. The van der Waals surface area contributed by atoms with Gasteiger partial charge in [-0.15, -0.1) is 0 Å². The summed E-state index contributed by atoms with van der Waals surface area (Å²) in [6.45, 7) is 1.12. The number of nitrogens with one attached hydrogen (secondary N) is 2. The average Bonchev–Trinajstić information content (AvgIpc) is 2.89. The van der Waals surface area contributed by atoms with Crippen LogP contribution in [0.3, 0.4) is 0 Å². The Morgan fingerprint density at radius 1 is 1.19 bits per heavy atom. The first kappa shape index (κ1) is 18.0. The number of benzene rings is 1. The highest BCUT2D eigenvalue weighted by Gasteiger charge is 2.50. The predicted molar refractivity (Wildman–Crippen MR) is 105 cm³/mol. The zero-order valence-electron chi connectivity index (χ0n) is 16.0. The molecule has 2 aliphatic heterocycles. The van der Waals surface area contributed by atoms with Gasteiger partial charge in [0.1, 0.15) is 5.54 Å². The maximum Gasteiger partial charge on any atom is 0.256 e. The van der Waals surface area contributed by atoms with Crippen LogP contribution in [0.25, 0.3) is 0 Å². The van der Waals surface area contributed by atoms with Crippen LogP contribution >= 0.6 is 0 Å². The van der Waals surface area contributed by atoms with Gasteiger partial charge in [-0.2, -0.15) is 0 Å². The molecule has 2 N–H and O–H groups in total. The van der Waals surface area contributed by atoms with E-state index in [0.29, 0.717) is 25.4 Å². The Morgan fingerprint density at radius 3 is 2.63 bits per heavy atom. The highest BCUT2D eigenvalue weighted by Crippen LogP contribution is 2.36. The van der Waals surface area contributed by atoms with Crippen molar-refractivity contribution in [1.82, 2.24) is 10.2 Å². The summed E-state index contributed by atoms with van der Waals surface area (Å²) in [6.07, 6.45) is 7.27. The van der Waals surface area contributed by atoms with E-state index in [2.05, 4.69) is 10.2 Å². The number of nitrogens with zero attached hydrogens (tertiary/aromatic N) is 2. The molecule has 0 aromatic heterocycles. The van der Waals surface area contributed by atoms with Crippen LogP contribution in [0.2, 0.25) is 0 Å². The molecule has 144 valence electrons. The molecule has 1 atom stereocenters. The molecule has 3 aliphatic rings. The number of carbonyl (C=O) groups excluding carboxylic acids is 2. The van der Waals surface area contributed by atoms with Crippen molar-refractivity contribution < 1.29 is 9.59 Å². The molecule has 1 aromatic carbocycles. The van der Waals surface area contributed by atoms with Crippen molar-refractivity contribution in [3.8, 4) is 0 Å². The first-order valence-electron chi connectivity index (χ1n) is 10.0. The third kappa shape index (κ3) is 3.22. The molecule has 1 amide bonds. The number of likely N-dealkylation sites (N-methyl/N-ethyl adjacent to an activating group) is 1. The van der Waals surface area contributed by atoms with E-state index in [-0.39, 0.29) is 17.6 Å². The van der Waals surface area contributed by atoms with Gasteiger partial charge in [-0.1, -0.05) is 44.2 Å². The van der Waals surface area contributed by atoms with E-state index in [1.54, 1.807) is 7.05 Å². The fourth-order valence-corrected chi connectivity index (χ4v) is 4.95. The fourth-order valence-electron chi connectivity index (χ4n) is 4.95. The van der Waals surface area contributed by atoms with Crippen LogP contribution in [0.5, 0.6) is 0 Å². The summed E-state index contributed by atoms with van der Waals surface area (Å²) >= 11 is 0. The van der Waals surface area contributed by atoms with Gasteiger partial charge < -0.3 is 10.2 Å². The Kier molecular flexibility index (Phi) is 4.66. The highest BCUT2D eigenvalue weighted by molar-refractivity contribution is 6.08. The maximum absolute atomic E-state index is 13.2. The standard InChI is InChI=1S/C21H28N4O2/c1-24-19(27)21(23-20(24)22,13-15-7-3-2-4-8-15)14-25-12-11-18(26)16-9-5-6-10-17(16)25/h5-6,9-10,15H,2-4,7-8,11-14H2,1H3,(H2,22,23). The van der Waals surface area contributed by atoms with Gasteiger partial charge in [0, 0.05) is 31.3 Å². The van der Waals surface area contributed by atoms with Gasteiger partial charge in [-0.3, -0.25) is 19.9 Å². The molecule has 2 fully saturated rings. The van der Waals surface area contributed by atoms with Gasteiger partial charge in [0.15, 0.2) is 11.7 Å². The predicted octanol–water partition coefficient (Wildman–Crippen LogP) is 2.78. The minimum Gasteiger partial charge on any atom is -0.368 e. The first-order valence-corrected chi connectivity index (χ1v) is 10.0. The monoisotopic (exact) mass is 368 g/mol. The molecule has 6 nitrogen and oxygen atoms in total. The van der Waals surface area contributed by atoms with E-state index in [4.69, 9.17) is 5.41 Å². The van der Waals surface area contributed by atoms with E-state index in [9.17, 15) is 9.59 Å². The molecule has 4 rings (SSSR count). The van der Waals surface area contributed by atoms with Crippen molar-refractivity contribution in [2.45, 2.75) is 50.5 Å². The second-order valence-corrected chi connectivity index (χ2v) is 8.24. The van der Waals surface area contributed by atoms with Crippen LogP contribution < -0.4 is 10.2 Å². The molecule has 1 saturated carbocycles. The minimum absolute atomic E-state index is 0.0209. The normalized spacial score (nSPS) is 26.3. The van der Waals surface area contributed by atoms with Crippen molar-refractivity contribution in [1.29, 1.82) is 5.41 Å². The maximum atomic E-state index is 13.2. The number of Topliss-reactive ketones (excluding diaryl/α,β-unsaturated/α-hetero) is 1. The smallest absolute Gasteiger partial charge is 0.256 e. The van der Waals surface area contributed by atoms with Crippen LogP contribution in [-0.4, -0.2) is 48.2 Å². The van der Waals surface area contributed by atoms with E-state index in [1.807, 2.05) is 24.3 Å². The molecule has 0 radical (unpaired) electrons. The number of anilines is 1. The Bertz CT molecular complexity index is 771. The summed E-state index contributed by atoms with van der Waals surface area (Å²) < 4.78 is 0. The topological polar surface area (TPSA) is 76.5 Å². The number of fused-ring (bicyclic) bond motifs is 1. The lowest BCUT2D eigenvalue weighted by Gasteiger charge is -2.39. The number of guanidine groups is 1. The first-order chi connectivity index (χ1) is 13.0. The largest absolute Gasteiger partial charge is 0.368 e. The van der Waals surface area contributed by atoms with Crippen LogP contribution in [0.15, 0.2) is 24.3 Å². The molecule has 1 saturated heterocycles. The molecule has 0 spiro atoms. The Morgan fingerprint density at radius 2 is 1.93 bits per heavy atom. The van der Waals surface area contributed by atoms with Crippen LogP contribution in [-0.2, 0) is 4.79 Å². The average molecular weight is 368 g/mol. The van der Waals surface area contributed by atoms with Crippen molar-refractivity contribution >= 4 is 23.3 Å². The summed E-state index contributed by atoms with van der Waals surface area (Å²) in [6, 6.07) is 7.67. The SMILES string of the molecule is CN1C(=N)NC(CC2CCCCC2)(CN2CCC(=O)c3ccccc32)C1=O. The summed E-state index contributed by atoms with van der Waals surface area (Å²) in [7, 11) is 1.67. The van der Waals surface area contributed by atoms with Gasteiger partial charge in [-0.25, -0.2) is 0 Å². The van der Waals surface area contributed by atoms with Gasteiger partial charge in [0.05, 0.1) is 6.54 Å². The molecular formula is C21H28N4O2. The van der Waals surface area contributed by atoms with E-state index < -0.39 is 5.54 Å². The van der Waals surface area contributed by atoms with Crippen molar-refractivity contribution in [2.75, 3.05) is 25.0 Å². The number of amides is 1. The van der Waals surface area contributed by atoms with Crippen molar-refractivity contribution in [2.24, 2.45) is 5.92 Å². The van der Waals surface area contributed by atoms with Crippen molar-refractivity contribution in [3.05, 3.63) is 29.8 Å². The van der Waals surface area contributed by atoms with Gasteiger partial charge >= 0.3 is 0 Å². The molecule has 1 aromatic rings. The molecule has 1 unspecified atom stereocenters. The number of rotatable bonds is 4. The van der Waals surface area contributed by atoms with E-state index >= 15 is 0 Å². The zero-order valence-corrected chi connectivity index (χ0v) is 16.0. The number of hydrogen-bond acceptors (Lipinski definition) is 4. The third-order valence-corrected chi connectivity index (χ3v) is 6.38. The van der Waals surface area contributed by atoms with Crippen LogP contribution in [0.1, 0.15) is 55.3 Å². The molecule has 1 aliphatic carbocycles. The number of carbonyl (C=O) groups is 2. The second-order valence-electron chi connectivity index (χ2n) is 8.24. The fraction of sp³-hybridized carbons (Fsp3) is 0.571. The number of ketones is 1. The van der Waals surface area contributed by atoms with Crippen molar-refractivity contribution in [3.63, 3.8) is 0 Å².